The second-order valence-corrected chi connectivity index (χ2v) is 59.2. The number of hydrogen-bond acceptors (Lipinski definition) is 10. The third-order valence-corrected chi connectivity index (χ3v) is 38.8. The number of likely N-dealkylation sites (N-methyl/N-ethyl adjacent to an activating group) is 1. The fraction of sp³-hybridized carbons (Fsp3) is 1.00. The van der Waals surface area contributed by atoms with E-state index in [0.717, 1.165) is 150 Å². The van der Waals surface area contributed by atoms with Gasteiger partial charge in [0.25, 0.3) is 0 Å². The normalized spacial score (nSPS) is 39.0. The molecule has 18 bridgehead atoms. The van der Waals surface area contributed by atoms with Gasteiger partial charge in [-0.1, -0.05) is 212 Å². The molecule has 7 saturated carbocycles. The Labute approximate surface area is 799 Å². The number of hydrogen-bond donors (Lipinski definition) is 0. The molecule has 7 aliphatic carbocycles. The van der Waals surface area contributed by atoms with E-state index in [1.165, 1.54) is 296 Å². The molecule has 14 heterocycles. The molecule has 14 saturated heterocycles. The first kappa shape index (κ1) is 108. The van der Waals surface area contributed by atoms with Crippen molar-refractivity contribution in [3.05, 3.63) is 0 Å². The molecule has 14 aliphatic heterocycles. The number of piperidine rings is 5. The van der Waals surface area contributed by atoms with Gasteiger partial charge in [0.1, 0.15) is 0 Å². The zero-order valence-corrected chi connectivity index (χ0v) is 92.3. The standard InChI is InChI=1S/C14H27NO.C14H27N.C13H25N.C12H23N.2C12H22.C11H22N2.C11H21N.C10H18O.C9H17N/c1-13(2,3)9-12-10-14(16-11-12)5-7-15(4)8-6-14;1-14(2,3)8-7-13-11-5-6-12(13)10-15(4)9-11;1-13(2,3)9-10-7-11-5-6-12(8-10)14(11)4;1-12(2,3)9-7-10-5-6-11(8-9)13(10)4;1-12(2,3)11-8-9-4-6-10(11)7-5-9;1-12(2,3)11-7-9-4-5-10(6-9)8-11;1-5-12-7-10-6-9(12)8-13(10)11(2,3)4;1-11(2,3)8-12-7-9-4-5-10(12)6-9;1-10(2,3)8-6-7-4-5-9(8)11-7;1-3-7-6-8-4-5-9(7)10(8)2/h12H,5-11H2,1-4H3;11-13H,5-10H2,1-4H3;10-12H,5-9H2,1-4H3;9-11H,5-8H2,1-4H3;2*9-11H,4-8H2,1-3H3;9-10H,5-8H2,1-4H3;9-10H,4-8H2,1-3H3;7-9H,4-6H2,1-3H3;7-9H,3-6H2,1-2H3. The average Bonchev–Trinajstić information content (AvgIpc) is 1.47. The second kappa shape index (κ2) is 44.6. The topological polar surface area (TPSA) is 44.4 Å². The summed E-state index contributed by atoms with van der Waals surface area (Å²) < 4.78 is 12.0. The first-order valence-electron chi connectivity index (χ1n) is 56.4. The van der Waals surface area contributed by atoms with E-state index in [-0.39, 0.29) is 5.60 Å². The largest absolute Gasteiger partial charge is 0.375 e. The van der Waals surface area contributed by atoms with Crippen LogP contribution in [0.2, 0.25) is 0 Å². The maximum absolute atomic E-state index is 6.16. The molecule has 128 heavy (non-hydrogen) atoms. The number of nitrogens with zero attached hydrogens (tertiary/aromatic N) is 8. The van der Waals surface area contributed by atoms with E-state index in [2.05, 4.69) is 275 Å². The SMILES string of the molecule is CC(C)(C)C1CC2CCC(C2)C1.CC(C)(C)C1CC2CCC1CC2.CC(C)(C)C1CC2CCC1O2.CC(C)(C)CN1CC2CCC1C2.CCC1CC2CCC1N2C.CCN1CC2CC1CN2C(C)(C)C.CN1C2CCC1CC(C(C)(C)C)C2.CN1C2CCC1CC(CC(C)(C)C)C2.CN1CC2CCC(C1)C2CCC(C)(C)C.CN1CCC2(CC1)CC(CC(C)(C)C)CO2. The minimum absolute atomic E-state index is 0.252. The Morgan fingerprint density at radius 3 is 1.23 bits per heavy atom. The lowest BCUT2D eigenvalue weighted by atomic mass is 9.57. The van der Waals surface area contributed by atoms with Gasteiger partial charge < -0.3 is 34.0 Å². The number of rotatable bonds is 7. The lowest BCUT2D eigenvalue weighted by Gasteiger charge is -2.48. The van der Waals surface area contributed by atoms with Gasteiger partial charge in [0, 0.05) is 112 Å². The van der Waals surface area contributed by atoms with Crippen molar-refractivity contribution in [2.24, 2.45) is 132 Å². The lowest BCUT2D eigenvalue weighted by molar-refractivity contribution is -0.0396. The minimum atomic E-state index is 0.252. The van der Waals surface area contributed by atoms with Crippen LogP contribution < -0.4 is 0 Å². The van der Waals surface area contributed by atoms with Crippen LogP contribution in [0.4, 0.5) is 0 Å². The van der Waals surface area contributed by atoms with Crippen LogP contribution >= 0.6 is 0 Å². The Balaban J connectivity index is 0.000000138. The molecular formula is C118H224N8O2. The zero-order chi connectivity index (χ0) is 94.0. The Morgan fingerprint density at radius 1 is 0.352 bits per heavy atom. The molecule has 0 amide bonds. The highest BCUT2D eigenvalue weighted by atomic mass is 16.5. The molecule has 21 fully saturated rings. The maximum atomic E-state index is 6.16. The summed E-state index contributed by atoms with van der Waals surface area (Å²) in [6.07, 6.45) is 56.3. The van der Waals surface area contributed by atoms with Gasteiger partial charge >= 0.3 is 0 Å². The van der Waals surface area contributed by atoms with E-state index in [0.29, 0.717) is 61.1 Å². The number of ether oxygens (including phenoxy) is 2. The molecule has 0 aromatic heterocycles. The van der Waals surface area contributed by atoms with E-state index in [9.17, 15) is 0 Å². The summed E-state index contributed by atoms with van der Waals surface area (Å²) >= 11 is 0. The van der Waals surface area contributed by atoms with Crippen molar-refractivity contribution in [2.45, 2.75) is 523 Å². The highest BCUT2D eigenvalue weighted by molar-refractivity contribution is 5.05. The van der Waals surface area contributed by atoms with Crippen LogP contribution in [0.15, 0.2) is 0 Å². The minimum Gasteiger partial charge on any atom is -0.375 e. The molecule has 0 N–H and O–H groups in total. The second-order valence-electron chi connectivity index (χ2n) is 59.2. The molecular weight excluding hydrogens is 1560 g/mol. The predicted octanol–water partition coefficient (Wildman–Crippen LogP) is 28.8. The molecule has 21 aliphatic rings. The van der Waals surface area contributed by atoms with Gasteiger partial charge in [-0.2, -0.15) is 0 Å². The van der Waals surface area contributed by atoms with Crippen molar-refractivity contribution in [1.82, 2.24) is 39.2 Å². The van der Waals surface area contributed by atoms with Crippen LogP contribution in [0.1, 0.15) is 445 Å². The van der Waals surface area contributed by atoms with Crippen molar-refractivity contribution in [2.75, 3.05) is 101 Å². The van der Waals surface area contributed by atoms with Crippen LogP contribution in [0.3, 0.4) is 0 Å². The summed E-state index contributed by atoms with van der Waals surface area (Å²) in [5.41, 5.74) is 4.76. The summed E-state index contributed by atoms with van der Waals surface area (Å²) in [5.74, 6) is 15.2. The van der Waals surface area contributed by atoms with Crippen molar-refractivity contribution in [1.29, 1.82) is 0 Å². The van der Waals surface area contributed by atoms with Crippen LogP contribution in [-0.4, -0.2) is 218 Å². The molecule has 10 heteroatoms. The van der Waals surface area contributed by atoms with E-state index in [1.54, 1.807) is 6.42 Å². The molecule has 10 nitrogen and oxygen atoms in total. The number of likely N-dealkylation sites (tertiary alicyclic amines) is 5. The van der Waals surface area contributed by atoms with Crippen LogP contribution in [0, 0.1) is 132 Å². The summed E-state index contributed by atoms with van der Waals surface area (Å²) in [5, 5.41) is 0. The Bertz CT molecular complexity index is 3170. The zero-order valence-electron chi connectivity index (χ0n) is 92.3. The van der Waals surface area contributed by atoms with Gasteiger partial charge in [-0.05, 0) is 407 Å². The van der Waals surface area contributed by atoms with Crippen molar-refractivity contribution in [3.63, 3.8) is 0 Å². The van der Waals surface area contributed by atoms with Gasteiger partial charge in [-0.15, -0.1) is 0 Å². The predicted molar refractivity (Wildman–Crippen MR) is 554 cm³/mol. The number of piperazine rings is 1. The van der Waals surface area contributed by atoms with E-state index < -0.39 is 0 Å². The molecule has 20 atom stereocenters. The van der Waals surface area contributed by atoms with Gasteiger partial charge in [0.2, 0.25) is 0 Å². The monoisotopic (exact) mass is 1790 g/mol. The first-order valence-corrected chi connectivity index (χ1v) is 56.4. The first-order chi connectivity index (χ1) is 59.4. The van der Waals surface area contributed by atoms with E-state index in [4.69, 9.17) is 9.47 Å². The molecule has 0 aromatic rings. The summed E-state index contributed by atoms with van der Waals surface area (Å²) in [4.78, 5) is 20.9. The lowest BCUT2D eigenvalue weighted by Crippen LogP contribution is -2.53. The molecule has 21 rings (SSSR count). The Hall–Kier alpha value is -0.400. The van der Waals surface area contributed by atoms with Gasteiger partial charge in [0.15, 0.2) is 0 Å². The summed E-state index contributed by atoms with van der Waals surface area (Å²) in [7, 11) is 11.5. The van der Waals surface area contributed by atoms with Crippen molar-refractivity contribution < 1.29 is 9.47 Å². The van der Waals surface area contributed by atoms with Gasteiger partial charge in [-0.25, -0.2) is 0 Å². The molecule has 748 valence electrons. The van der Waals surface area contributed by atoms with Gasteiger partial charge in [-0.3, -0.25) is 14.7 Å². The molecule has 20 unspecified atom stereocenters. The van der Waals surface area contributed by atoms with E-state index >= 15 is 0 Å². The Morgan fingerprint density at radius 2 is 0.852 bits per heavy atom. The molecule has 0 radical (unpaired) electrons. The van der Waals surface area contributed by atoms with Crippen LogP contribution in [0.25, 0.3) is 0 Å². The summed E-state index contributed by atoms with van der Waals surface area (Å²) in [6.45, 7) is 81.4. The highest BCUT2D eigenvalue weighted by Crippen LogP contribution is 2.55. The Kier molecular flexibility index (Phi) is 37.6. The molecule has 0 aromatic carbocycles. The molecule has 1 spiro atoms. The van der Waals surface area contributed by atoms with Crippen LogP contribution in [0.5, 0.6) is 0 Å². The smallest absolute Gasteiger partial charge is 0.0710 e. The van der Waals surface area contributed by atoms with Crippen molar-refractivity contribution >= 4 is 0 Å². The fourth-order valence-electron chi connectivity index (χ4n) is 31.5. The third kappa shape index (κ3) is 31.1. The number of fused-ring (bicyclic) bond motifs is 19. The van der Waals surface area contributed by atoms with E-state index in [1.807, 2.05) is 0 Å². The summed E-state index contributed by atoms with van der Waals surface area (Å²) in [6, 6.07) is 8.20. The average molecular weight is 1790 g/mol. The highest BCUT2D eigenvalue weighted by Gasteiger charge is 2.52. The maximum Gasteiger partial charge on any atom is 0.0710 e. The van der Waals surface area contributed by atoms with Gasteiger partial charge in [0.05, 0.1) is 24.4 Å². The third-order valence-electron chi connectivity index (χ3n) is 38.8. The quantitative estimate of drug-likeness (QED) is 0.246. The van der Waals surface area contributed by atoms with Crippen LogP contribution in [-0.2, 0) is 9.47 Å². The fourth-order valence-corrected chi connectivity index (χ4v) is 31.5. The van der Waals surface area contributed by atoms with Crippen molar-refractivity contribution in [3.8, 4) is 0 Å².